The lowest BCUT2D eigenvalue weighted by Gasteiger charge is -2.09. The van der Waals surface area contributed by atoms with Gasteiger partial charge >= 0.3 is 0 Å². The van der Waals surface area contributed by atoms with Gasteiger partial charge in [0.1, 0.15) is 0 Å². The number of hydrogen-bond donors (Lipinski definition) is 2. The van der Waals surface area contributed by atoms with Crippen LogP contribution in [0.4, 0.5) is 0 Å². The molecule has 0 atom stereocenters. The highest BCUT2D eigenvalue weighted by Gasteiger charge is 2.21. The summed E-state index contributed by atoms with van der Waals surface area (Å²) in [6, 6.07) is 5.36. The maximum Gasteiger partial charge on any atom is 0.240 e. The summed E-state index contributed by atoms with van der Waals surface area (Å²) in [5, 5.41) is 3.92. The molecule has 2 rings (SSSR count). The van der Waals surface area contributed by atoms with Gasteiger partial charge in [0.2, 0.25) is 10.0 Å². The normalized spacial score (nSPS) is 15.9. The van der Waals surface area contributed by atoms with Gasteiger partial charge in [0, 0.05) is 24.2 Å². The number of hydrogen-bond acceptors (Lipinski definition) is 3. The molecular formula is C12H17ClN2O2S. The number of nitrogens with one attached hydrogen (secondary N) is 2. The van der Waals surface area contributed by atoms with Gasteiger partial charge in [0.05, 0.1) is 4.90 Å². The number of benzene rings is 1. The molecule has 0 amide bonds. The molecule has 2 N–H and O–H groups in total. The van der Waals surface area contributed by atoms with Crippen LogP contribution in [0.1, 0.15) is 25.3 Å². The molecule has 0 aromatic heterocycles. The summed E-state index contributed by atoms with van der Waals surface area (Å²) in [5.41, 5.74) is 0.822. The second-order valence-electron chi connectivity index (χ2n) is 4.41. The average Bonchev–Trinajstić information content (AvgIpc) is 3.11. The molecule has 6 heteroatoms. The summed E-state index contributed by atoms with van der Waals surface area (Å²) >= 11 is 6.07. The van der Waals surface area contributed by atoms with E-state index in [9.17, 15) is 8.42 Å². The van der Waals surface area contributed by atoms with E-state index in [0.717, 1.165) is 5.56 Å². The first-order chi connectivity index (χ1) is 8.53. The van der Waals surface area contributed by atoms with E-state index in [1.54, 1.807) is 19.1 Å². The molecule has 1 aromatic rings. The molecule has 0 unspecified atom stereocenters. The highest BCUT2D eigenvalue weighted by molar-refractivity contribution is 7.89. The Hall–Kier alpha value is -0.620. The topological polar surface area (TPSA) is 58.2 Å². The SMILES string of the molecule is CCNS(=O)(=O)c1ccc(Cl)c(CNC2CC2)c1. The zero-order valence-electron chi connectivity index (χ0n) is 10.2. The first-order valence-corrected chi connectivity index (χ1v) is 7.90. The van der Waals surface area contributed by atoms with Gasteiger partial charge in [-0.15, -0.1) is 0 Å². The van der Waals surface area contributed by atoms with Gasteiger partial charge in [0.25, 0.3) is 0 Å². The fraction of sp³-hybridized carbons (Fsp3) is 0.500. The monoisotopic (exact) mass is 288 g/mol. The fourth-order valence-electron chi connectivity index (χ4n) is 1.67. The van der Waals surface area contributed by atoms with Gasteiger partial charge < -0.3 is 5.32 Å². The number of rotatable bonds is 6. The summed E-state index contributed by atoms with van der Waals surface area (Å²) in [7, 11) is -3.41. The molecule has 4 nitrogen and oxygen atoms in total. The third-order valence-electron chi connectivity index (χ3n) is 2.82. The van der Waals surface area contributed by atoms with Crippen LogP contribution in [-0.4, -0.2) is 21.0 Å². The summed E-state index contributed by atoms with van der Waals surface area (Å²) in [4.78, 5) is 0.265. The summed E-state index contributed by atoms with van der Waals surface area (Å²) in [5.74, 6) is 0. The van der Waals surface area contributed by atoms with Gasteiger partial charge in [-0.05, 0) is 36.6 Å². The molecule has 0 heterocycles. The van der Waals surface area contributed by atoms with Gasteiger partial charge in [0.15, 0.2) is 0 Å². The lowest BCUT2D eigenvalue weighted by molar-refractivity contribution is 0.583. The van der Waals surface area contributed by atoms with E-state index in [0.29, 0.717) is 24.2 Å². The van der Waals surface area contributed by atoms with E-state index in [4.69, 9.17) is 11.6 Å². The third-order valence-corrected chi connectivity index (χ3v) is 4.73. The van der Waals surface area contributed by atoms with Crippen LogP contribution in [0, 0.1) is 0 Å². The minimum Gasteiger partial charge on any atom is -0.310 e. The molecule has 0 saturated heterocycles. The molecule has 1 aromatic carbocycles. The highest BCUT2D eigenvalue weighted by Crippen LogP contribution is 2.23. The lowest BCUT2D eigenvalue weighted by atomic mass is 10.2. The van der Waals surface area contributed by atoms with Crippen molar-refractivity contribution in [2.45, 2.75) is 37.2 Å². The Morgan fingerprint density at radius 3 is 2.72 bits per heavy atom. The largest absolute Gasteiger partial charge is 0.310 e. The Balaban J connectivity index is 2.19. The third kappa shape index (κ3) is 3.45. The average molecular weight is 289 g/mol. The van der Waals surface area contributed by atoms with Gasteiger partial charge in [-0.3, -0.25) is 0 Å². The maximum atomic E-state index is 11.9. The van der Waals surface area contributed by atoms with Crippen molar-refractivity contribution < 1.29 is 8.42 Å². The standard InChI is InChI=1S/C12H17ClN2O2S/c1-2-15-18(16,17)11-5-6-12(13)9(7-11)8-14-10-3-4-10/h5-7,10,14-15H,2-4,8H2,1H3. The first-order valence-electron chi connectivity index (χ1n) is 6.04. The van der Waals surface area contributed by atoms with E-state index >= 15 is 0 Å². The van der Waals surface area contributed by atoms with Crippen molar-refractivity contribution in [3.8, 4) is 0 Å². The van der Waals surface area contributed by atoms with Gasteiger partial charge in [-0.1, -0.05) is 18.5 Å². The lowest BCUT2D eigenvalue weighted by Crippen LogP contribution is -2.23. The minimum atomic E-state index is -3.41. The van der Waals surface area contributed by atoms with E-state index in [-0.39, 0.29) is 4.90 Å². The number of halogens is 1. The summed E-state index contributed by atoms with van der Waals surface area (Å²) in [6.45, 7) is 2.74. The fourth-order valence-corrected chi connectivity index (χ4v) is 2.94. The zero-order valence-corrected chi connectivity index (χ0v) is 11.8. The van der Waals surface area contributed by atoms with E-state index in [1.165, 1.54) is 18.9 Å². The smallest absolute Gasteiger partial charge is 0.240 e. The Kier molecular flexibility index (Phi) is 4.27. The minimum absolute atomic E-state index is 0.265. The number of sulfonamides is 1. The van der Waals surface area contributed by atoms with Crippen molar-refractivity contribution in [1.29, 1.82) is 0 Å². The molecule has 100 valence electrons. The molecule has 0 spiro atoms. The molecule has 0 radical (unpaired) electrons. The first kappa shape index (κ1) is 13.8. The molecule has 18 heavy (non-hydrogen) atoms. The maximum absolute atomic E-state index is 11.9. The molecule has 0 aliphatic heterocycles. The van der Waals surface area contributed by atoms with E-state index in [1.807, 2.05) is 0 Å². The Labute approximate surface area is 113 Å². The van der Waals surface area contributed by atoms with Crippen LogP contribution in [0.5, 0.6) is 0 Å². The zero-order chi connectivity index (χ0) is 13.2. The van der Waals surface area contributed by atoms with Crippen molar-refractivity contribution in [3.05, 3.63) is 28.8 Å². The molecule has 1 aliphatic carbocycles. The van der Waals surface area contributed by atoms with Crippen molar-refractivity contribution in [2.24, 2.45) is 0 Å². The molecule has 1 aliphatic rings. The van der Waals surface area contributed by atoms with Crippen LogP contribution in [0.15, 0.2) is 23.1 Å². The van der Waals surface area contributed by atoms with Gasteiger partial charge in [-0.25, -0.2) is 13.1 Å². The van der Waals surface area contributed by atoms with Crippen molar-refractivity contribution in [3.63, 3.8) is 0 Å². The summed E-state index contributed by atoms with van der Waals surface area (Å²) in [6.07, 6.45) is 2.37. The van der Waals surface area contributed by atoms with E-state index in [2.05, 4.69) is 10.0 Å². The Morgan fingerprint density at radius 2 is 2.11 bits per heavy atom. The second kappa shape index (κ2) is 5.57. The van der Waals surface area contributed by atoms with Crippen LogP contribution in [0.3, 0.4) is 0 Å². The predicted molar refractivity (Wildman–Crippen MR) is 72.2 cm³/mol. The Bertz CT molecular complexity index is 527. The predicted octanol–water partition coefficient (Wildman–Crippen LogP) is 1.89. The summed E-state index contributed by atoms with van der Waals surface area (Å²) < 4.78 is 26.2. The van der Waals surface area contributed by atoms with Crippen LogP contribution in [-0.2, 0) is 16.6 Å². The van der Waals surface area contributed by atoms with E-state index < -0.39 is 10.0 Å². The van der Waals surface area contributed by atoms with Crippen LogP contribution in [0.25, 0.3) is 0 Å². The molecular weight excluding hydrogens is 272 g/mol. The molecule has 1 saturated carbocycles. The van der Waals surface area contributed by atoms with Crippen LogP contribution in [0.2, 0.25) is 5.02 Å². The van der Waals surface area contributed by atoms with Crippen molar-refractivity contribution >= 4 is 21.6 Å². The molecule has 1 fully saturated rings. The second-order valence-corrected chi connectivity index (χ2v) is 6.58. The quantitative estimate of drug-likeness (QED) is 0.840. The van der Waals surface area contributed by atoms with Crippen molar-refractivity contribution in [1.82, 2.24) is 10.0 Å². The van der Waals surface area contributed by atoms with Crippen LogP contribution < -0.4 is 10.0 Å². The van der Waals surface area contributed by atoms with Crippen molar-refractivity contribution in [2.75, 3.05) is 6.54 Å². The highest BCUT2D eigenvalue weighted by atomic mass is 35.5. The molecule has 0 bridgehead atoms. The van der Waals surface area contributed by atoms with Gasteiger partial charge in [-0.2, -0.15) is 0 Å². The Morgan fingerprint density at radius 1 is 1.39 bits per heavy atom. The van der Waals surface area contributed by atoms with Crippen LogP contribution >= 0.6 is 11.6 Å².